The molecule has 0 amide bonds. The maximum absolute atomic E-state index is 2.42. The van der Waals surface area contributed by atoms with E-state index in [0.29, 0.717) is 11.8 Å². The Kier molecular flexibility index (Phi) is 20.0. The molecule has 0 heterocycles. The Balaban J connectivity index is 1.34. The molecule has 2 unspecified atom stereocenters. The van der Waals surface area contributed by atoms with Crippen molar-refractivity contribution in [3.63, 3.8) is 0 Å². The van der Waals surface area contributed by atoms with E-state index in [-0.39, 0.29) is 0 Å². The maximum Gasteiger partial charge on any atom is -0.0162 e. The zero-order chi connectivity index (χ0) is 36.6. The molecule has 0 aliphatic heterocycles. The van der Waals surface area contributed by atoms with Crippen molar-refractivity contribution in [3.8, 4) is 33.4 Å². The van der Waals surface area contributed by atoms with E-state index in [1.54, 1.807) is 11.1 Å². The Bertz CT molecular complexity index is 1330. The highest BCUT2D eigenvalue weighted by atomic mass is 14.2. The van der Waals surface area contributed by atoms with Gasteiger partial charge in [-0.2, -0.15) is 0 Å². The molecule has 0 heteroatoms. The highest BCUT2D eigenvalue weighted by Gasteiger charge is 2.14. The molecule has 0 saturated carbocycles. The minimum absolute atomic E-state index is 0.706. The third-order valence-electron chi connectivity index (χ3n) is 11.7. The van der Waals surface area contributed by atoms with Gasteiger partial charge in [0.2, 0.25) is 0 Å². The van der Waals surface area contributed by atoms with Crippen LogP contribution in [-0.4, -0.2) is 0 Å². The Hall–Kier alpha value is -3.12. The van der Waals surface area contributed by atoms with Gasteiger partial charge < -0.3 is 0 Å². The van der Waals surface area contributed by atoms with Gasteiger partial charge in [0.15, 0.2) is 0 Å². The largest absolute Gasteiger partial charge is 0.0654 e. The van der Waals surface area contributed by atoms with E-state index >= 15 is 0 Å². The molecule has 0 aliphatic carbocycles. The third-order valence-corrected chi connectivity index (χ3v) is 11.7. The van der Waals surface area contributed by atoms with Gasteiger partial charge in [-0.1, -0.05) is 240 Å². The van der Waals surface area contributed by atoms with Crippen LogP contribution in [0.25, 0.3) is 33.4 Å². The molecule has 0 bridgehead atoms. The summed E-state index contributed by atoms with van der Waals surface area (Å²) < 4.78 is 0. The summed E-state index contributed by atoms with van der Waals surface area (Å²) in [5.41, 5.74) is 10.9. The SMILES string of the molecule is CCCCCCCCC(CCCCC)c1ccc(-c2ccc(-c3ccc(-c4ccc(C(CCCCC)CCCCCCCC)cc4)cc3)cc2)cc1. The monoisotopic (exact) mass is 699 g/mol. The third kappa shape index (κ3) is 14.4. The number of hydrogen-bond donors (Lipinski definition) is 0. The molecule has 0 saturated heterocycles. The number of benzene rings is 4. The van der Waals surface area contributed by atoms with Crippen LogP contribution in [0, 0.1) is 0 Å². The van der Waals surface area contributed by atoms with Gasteiger partial charge in [-0.25, -0.2) is 0 Å². The van der Waals surface area contributed by atoms with Gasteiger partial charge >= 0.3 is 0 Å². The Morgan fingerprint density at radius 1 is 0.250 bits per heavy atom. The van der Waals surface area contributed by atoms with Gasteiger partial charge in [0.1, 0.15) is 0 Å². The lowest BCUT2D eigenvalue weighted by Crippen LogP contribution is -2.00. The van der Waals surface area contributed by atoms with Crippen LogP contribution in [0.4, 0.5) is 0 Å². The average Bonchev–Trinajstić information content (AvgIpc) is 3.19. The van der Waals surface area contributed by atoms with Crippen molar-refractivity contribution in [1.82, 2.24) is 0 Å². The molecule has 0 nitrogen and oxygen atoms in total. The molecule has 282 valence electrons. The highest BCUT2D eigenvalue weighted by molar-refractivity contribution is 5.73. The first kappa shape index (κ1) is 41.6. The van der Waals surface area contributed by atoms with E-state index in [4.69, 9.17) is 0 Å². The first-order chi connectivity index (χ1) is 25.7. The van der Waals surface area contributed by atoms with Crippen LogP contribution in [-0.2, 0) is 0 Å². The molecule has 4 rings (SSSR count). The van der Waals surface area contributed by atoms with Crippen LogP contribution in [0.2, 0.25) is 0 Å². The van der Waals surface area contributed by atoms with E-state index in [1.165, 1.54) is 175 Å². The molecular weight excluding hydrogens is 625 g/mol. The van der Waals surface area contributed by atoms with Crippen LogP contribution in [0.5, 0.6) is 0 Å². The molecule has 0 spiro atoms. The quantitative estimate of drug-likeness (QED) is 0.0544. The summed E-state index contributed by atoms with van der Waals surface area (Å²) in [4.78, 5) is 0. The van der Waals surface area contributed by atoms with Gasteiger partial charge in [0.25, 0.3) is 0 Å². The average molecular weight is 699 g/mol. The Morgan fingerprint density at radius 2 is 0.442 bits per heavy atom. The first-order valence-electron chi connectivity index (χ1n) is 22.1. The van der Waals surface area contributed by atoms with Crippen molar-refractivity contribution >= 4 is 0 Å². The molecule has 0 aliphatic rings. The number of unbranched alkanes of at least 4 members (excludes halogenated alkanes) is 14. The molecule has 0 N–H and O–H groups in total. The minimum atomic E-state index is 0.706. The fourth-order valence-corrected chi connectivity index (χ4v) is 8.18. The van der Waals surface area contributed by atoms with Crippen LogP contribution in [0.3, 0.4) is 0 Å². The smallest absolute Gasteiger partial charge is 0.0162 e. The molecule has 4 aromatic carbocycles. The predicted molar refractivity (Wildman–Crippen MR) is 233 cm³/mol. The van der Waals surface area contributed by atoms with Crippen molar-refractivity contribution in [1.29, 1.82) is 0 Å². The van der Waals surface area contributed by atoms with E-state index in [9.17, 15) is 0 Å². The van der Waals surface area contributed by atoms with Gasteiger partial charge in [-0.3, -0.25) is 0 Å². The second-order valence-corrected chi connectivity index (χ2v) is 15.9. The molecule has 2 atom stereocenters. The summed E-state index contributed by atoms with van der Waals surface area (Å²) in [7, 11) is 0. The summed E-state index contributed by atoms with van der Waals surface area (Å²) in [6.45, 7) is 9.25. The fourth-order valence-electron chi connectivity index (χ4n) is 8.18. The van der Waals surface area contributed by atoms with E-state index in [0.717, 1.165) is 0 Å². The summed E-state index contributed by atoms with van der Waals surface area (Å²) in [6.07, 6.45) is 30.0. The normalized spacial score (nSPS) is 12.6. The molecule has 0 aromatic heterocycles. The van der Waals surface area contributed by atoms with E-state index in [1.807, 2.05) is 0 Å². The van der Waals surface area contributed by atoms with Gasteiger partial charge in [0, 0.05) is 0 Å². The van der Waals surface area contributed by atoms with Gasteiger partial charge in [0.05, 0.1) is 0 Å². The summed E-state index contributed by atoms with van der Waals surface area (Å²) in [6, 6.07) is 37.5. The van der Waals surface area contributed by atoms with Crippen LogP contribution < -0.4 is 0 Å². The lowest BCUT2D eigenvalue weighted by atomic mass is 9.87. The lowest BCUT2D eigenvalue weighted by molar-refractivity contribution is 0.495. The zero-order valence-corrected chi connectivity index (χ0v) is 33.9. The van der Waals surface area contributed by atoms with Crippen LogP contribution in [0.15, 0.2) is 97.1 Å². The molecule has 0 fully saturated rings. The van der Waals surface area contributed by atoms with Crippen LogP contribution in [0.1, 0.15) is 192 Å². The van der Waals surface area contributed by atoms with E-state index in [2.05, 4.69) is 125 Å². The van der Waals surface area contributed by atoms with Crippen molar-refractivity contribution in [3.05, 3.63) is 108 Å². The summed E-state index contributed by atoms with van der Waals surface area (Å²) in [5, 5.41) is 0. The van der Waals surface area contributed by atoms with Crippen molar-refractivity contribution < 1.29 is 0 Å². The summed E-state index contributed by atoms with van der Waals surface area (Å²) in [5.74, 6) is 1.41. The lowest BCUT2D eigenvalue weighted by Gasteiger charge is -2.18. The predicted octanol–water partition coefficient (Wildman–Crippen LogP) is 17.5. The van der Waals surface area contributed by atoms with Crippen molar-refractivity contribution in [2.75, 3.05) is 0 Å². The molecular formula is C52H74. The second-order valence-electron chi connectivity index (χ2n) is 15.9. The van der Waals surface area contributed by atoms with Gasteiger partial charge in [-0.05, 0) is 82.0 Å². The second kappa shape index (κ2) is 25.0. The van der Waals surface area contributed by atoms with Crippen LogP contribution >= 0.6 is 0 Å². The van der Waals surface area contributed by atoms with E-state index < -0.39 is 0 Å². The topological polar surface area (TPSA) is 0 Å². The Morgan fingerprint density at radius 3 is 0.712 bits per heavy atom. The molecule has 52 heavy (non-hydrogen) atoms. The maximum atomic E-state index is 2.42. The zero-order valence-electron chi connectivity index (χ0n) is 33.9. The van der Waals surface area contributed by atoms with Gasteiger partial charge in [-0.15, -0.1) is 0 Å². The molecule has 0 radical (unpaired) electrons. The standard InChI is InChI=1S/C52H74/c1-5-9-13-15-17-21-25-43(23-19-11-7-3)45-27-31-47(32-28-45)49-35-39-51(40-36-49)52-41-37-50(38-42-52)48-33-29-46(30-34-48)44(24-20-12-8-4)26-22-18-16-14-10-6-2/h27-44H,5-26H2,1-4H3. The Labute approximate surface area is 321 Å². The van der Waals surface area contributed by atoms with Crippen molar-refractivity contribution in [2.45, 2.75) is 181 Å². The molecule has 4 aromatic rings. The minimum Gasteiger partial charge on any atom is -0.0654 e. The summed E-state index contributed by atoms with van der Waals surface area (Å²) >= 11 is 0. The first-order valence-corrected chi connectivity index (χ1v) is 22.1. The van der Waals surface area contributed by atoms with Crippen molar-refractivity contribution in [2.24, 2.45) is 0 Å². The highest BCUT2D eigenvalue weighted by Crippen LogP contribution is 2.33. The fraction of sp³-hybridized carbons (Fsp3) is 0.538. The number of rotatable bonds is 27. The number of hydrogen-bond acceptors (Lipinski definition) is 0.